The molecule has 0 amide bonds. The van der Waals surface area contributed by atoms with E-state index < -0.39 is 11.7 Å². The molecule has 0 aliphatic rings. The molecule has 0 spiro atoms. The van der Waals surface area contributed by atoms with E-state index in [0.29, 0.717) is 16.3 Å². The van der Waals surface area contributed by atoms with Gasteiger partial charge in [0.1, 0.15) is 12.4 Å². The molecule has 20 heavy (non-hydrogen) atoms. The lowest BCUT2D eigenvalue weighted by molar-refractivity contribution is -0.137. The number of nitrogens with two attached hydrogens (primary N) is 1. The first-order valence-electron chi connectivity index (χ1n) is 5.70. The van der Waals surface area contributed by atoms with Gasteiger partial charge in [-0.15, -0.1) is 0 Å². The van der Waals surface area contributed by atoms with E-state index in [9.17, 15) is 13.2 Å². The average Bonchev–Trinajstić information content (AvgIpc) is 2.38. The van der Waals surface area contributed by atoms with Crippen LogP contribution in [0.25, 0.3) is 0 Å². The highest BCUT2D eigenvalue weighted by atomic mass is 35.5. The van der Waals surface area contributed by atoms with E-state index >= 15 is 0 Å². The normalized spacial score (nSPS) is 11.4. The number of hydrogen-bond acceptors (Lipinski definition) is 2. The number of nitrogen functional groups attached to an aromatic ring is 1. The van der Waals surface area contributed by atoms with E-state index in [0.717, 1.165) is 6.07 Å². The molecule has 0 saturated heterocycles. The van der Waals surface area contributed by atoms with Crippen LogP contribution in [0.2, 0.25) is 5.02 Å². The Morgan fingerprint density at radius 1 is 1.05 bits per heavy atom. The zero-order valence-corrected chi connectivity index (χ0v) is 11.0. The van der Waals surface area contributed by atoms with Crippen molar-refractivity contribution < 1.29 is 17.9 Å². The van der Waals surface area contributed by atoms with Crippen LogP contribution in [0.15, 0.2) is 42.5 Å². The Bertz CT molecular complexity index is 596. The first kappa shape index (κ1) is 14.5. The monoisotopic (exact) mass is 301 g/mol. The average molecular weight is 302 g/mol. The molecule has 2 nitrogen and oxygen atoms in total. The Morgan fingerprint density at radius 2 is 1.70 bits per heavy atom. The number of alkyl halides is 3. The fourth-order valence-electron chi connectivity index (χ4n) is 1.64. The number of hydrogen-bond donors (Lipinski definition) is 1. The number of ether oxygens (including phenoxy) is 1. The lowest BCUT2D eigenvalue weighted by atomic mass is 10.1. The predicted molar refractivity (Wildman–Crippen MR) is 71.6 cm³/mol. The minimum absolute atomic E-state index is 0.0188. The lowest BCUT2D eigenvalue weighted by Gasteiger charge is -2.12. The van der Waals surface area contributed by atoms with E-state index in [-0.39, 0.29) is 12.3 Å². The summed E-state index contributed by atoms with van der Waals surface area (Å²) in [4.78, 5) is 0. The molecule has 0 heterocycles. The van der Waals surface area contributed by atoms with Gasteiger partial charge < -0.3 is 10.5 Å². The maximum atomic E-state index is 12.7. The van der Waals surface area contributed by atoms with Crippen LogP contribution < -0.4 is 10.5 Å². The summed E-state index contributed by atoms with van der Waals surface area (Å²) in [7, 11) is 0. The smallest absolute Gasteiger partial charge is 0.418 e. The van der Waals surface area contributed by atoms with Crippen molar-refractivity contribution in [3.05, 3.63) is 58.6 Å². The van der Waals surface area contributed by atoms with Crippen LogP contribution in [-0.4, -0.2) is 0 Å². The zero-order valence-electron chi connectivity index (χ0n) is 10.2. The van der Waals surface area contributed by atoms with Crippen LogP contribution in [0.1, 0.15) is 11.1 Å². The zero-order chi connectivity index (χ0) is 14.8. The van der Waals surface area contributed by atoms with Gasteiger partial charge in [-0.25, -0.2) is 0 Å². The molecule has 0 unspecified atom stereocenters. The van der Waals surface area contributed by atoms with Crippen LogP contribution in [0, 0.1) is 0 Å². The molecule has 2 N–H and O–H groups in total. The van der Waals surface area contributed by atoms with Gasteiger partial charge in [-0.05, 0) is 42.0 Å². The molecule has 6 heteroatoms. The summed E-state index contributed by atoms with van der Waals surface area (Å²) < 4.78 is 43.5. The fourth-order valence-corrected chi connectivity index (χ4v) is 1.76. The molecule has 0 aromatic heterocycles. The number of rotatable bonds is 3. The molecule has 2 aromatic rings. The Morgan fingerprint density at radius 3 is 2.30 bits per heavy atom. The Balaban J connectivity index is 2.12. The van der Waals surface area contributed by atoms with Gasteiger partial charge in [-0.2, -0.15) is 13.2 Å². The van der Waals surface area contributed by atoms with E-state index in [2.05, 4.69) is 0 Å². The van der Waals surface area contributed by atoms with E-state index in [1.165, 1.54) is 12.1 Å². The van der Waals surface area contributed by atoms with Gasteiger partial charge in [0.2, 0.25) is 0 Å². The molecule has 0 radical (unpaired) electrons. The maximum Gasteiger partial charge on any atom is 0.418 e. The number of benzene rings is 2. The quantitative estimate of drug-likeness (QED) is 0.846. The number of halogens is 4. The van der Waals surface area contributed by atoms with Gasteiger partial charge in [-0.3, -0.25) is 0 Å². The van der Waals surface area contributed by atoms with Crippen molar-refractivity contribution in [3.63, 3.8) is 0 Å². The van der Waals surface area contributed by atoms with Crippen LogP contribution in [0.5, 0.6) is 5.75 Å². The van der Waals surface area contributed by atoms with Crippen molar-refractivity contribution in [2.75, 3.05) is 5.73 Å². The third-order valence-electron chi connectivity index (χ3n) is 2.64. The van der Waals surface area contributed by atoms with Crippen molar-refractivity contribution in [2.45, 2.75) is 12.8 Å². The van der Waals surface area contributed by atoms with Crippen molar-refractivity contribution in [2.24, 2.45) is 0 Å². The second kappa shape index (κ2) is 5.63. The van der Waals surface area contributed by atoms with Crippen LogP contribution >= 0.6 is 11.6 Å². The summed E-state index contributed by atoms with van der Waals surface area (Å²) in [5, 5.41) is 0.559. The van der Waals surface area contributed by atoms with Crippen molar-refractivity contribution in [3.8, 4) is 5.75 Å². The standard InChI is InChI=1S/C14H11ClF3NO/c15-10-2-4-11(5-3-10)20-8-9-1-6-13(19)12(7-9)14(16,17)18/h1-7H,8,19H2. The van der Waals surface area contributed by atoms with E-state index in [1.807, 2.05) is 0 Å². The summed E-state index contributed by atoms with van der Waals surface area (Å²) in [5.41, 5.74) is 4.56. The summed E-state index contributed by atoms with van der Waals surface area (Å²) in [6.45, 7) is 0.0188. The predicted octanol–water partition coefficient (Wildman–Crippen LogP) is 4.52. The minimum atomic E-state index is -4.47. The van der Waals surface area contributed by atoms with Gasteiger partial charge in [0.05, 0.1) is 5.56 Å². The van der Waals surface area contributed by atoms with Crippen molar-refractivity contribution in [1.82, 2.24) is 0 Å². The van der Waals surface area contributed by atoms with Crippen LogP contribution in [0.4, 0.5) is 18.9 Å². The molecule has 0 saturated carbocycles. The highest BCUT2D eigenvalue weighted by molar-refractivity contribution is 6.30. The molecule has 2 aromatic carbocycles. The molecular weight excluding hydrogens is 291 g/mol. The van der Waals surface area contributed by atoms with Gasteiger partial charge in [-0.1, -0.05) is 17.7 Å². The lowest BCUT2D eigenvalue weighted by Crippen LogP contribution is -2.10. The van der Waals surface area contributed by atoms with Crippen LogP contribution in [0.3, 0.4) is 0 Å². The number of anilines is 1. The third-order valence-corrected chi connectivity index (χ3v) is 2.89. The molecule has 0 aliphatic carbocycles. The largest absolute Gasteiger partial charge is 0.489 e. The maximum absolute atomic E-state index is 12.7. The second-order valence-corrected chi connectivity index (χ2v) is 4.60. The first-order valence-corrected chi connectivity index (χ1v) is 6.08. The second-order valence-electron chi connectivity index (χ2n) is 4.16. The molecule has 2 rings (SSSR count). The summed E-state index contributed by atoms with van der Waals surface area (Å²) in [6, 6.07) is 10.3. The van der Waals surface area contributed by atoms with E-state index in [4.69, 9.17) is 22.1 Å². The topological polar surface area (TPSA) is 35.2 Å². The molecular formula is C14H11ClF3NO. The van der Waals surface area contributed by atoms with Crippen molar-refractivity contribution in [1.29, 1.82) is 0 Å². The van der Waals surface area contributed by atoms with Crippen molar-refractivity contribution >= 4 is 17.3 Å². The summed E-state index contributed by atoms with van der Waals surface area (Å²) >= 11 is 5.72. The van der Waals surface area contributed by atoms with E-state index in [1.54, 1.807) is 24.3 Å². The molecule has 0 fully saturated rings. The van der Waals surface area contributed by atoms with Crippen LogP contribution in [-0.2, 0) is 12.8 Å². The molecule has 0 atom stereocenters. The minimum Gasteiger partial charge on any atom is -0.489 e. The summed E-state index contributed by atoms with van der Waals surface area (Å²) in [5.74, 6) is 0.528. The highest BCUT2D eigenvalue weighted by Gasteiger charge is 2.33. The van der Waals surface area contributed by atoms with Gasteiger partial charge in [0, 0.05) is 10.7 Å². The van der Waals surface area contributed by atoms with Gasteiger partial charge in [0.15, 0.2) is 0 Å². The molecule has 0 bridgehead atoms. The molecule has 106 valence electrons. The molecule has 0 aliphatic heterocycles. The van der Waals surface area contributed by atoms with Gasteiger partial charge in [0.25, 0.3) is 0 Å². The fraction of sp³-hybridized carbons (Fsp3) is 0.143. The summed E-state index contributed by atoms with van der Waals surface area (Å²) in [6.07, 6.45) is -4.47. The Kier molecular flexibility index (Phi) is 4.09. The van der Waals surface area contributed by atoms with Gasteiger partial charge >= 0.3 is 6.18 Å². The highest BCUT2D eigenvalue weighted by Crippen LogP contribution is 2.34. The Hall–Kier alpha value is -1.88. The Labute approximate surface area is 118 Å². The third kappa shape index (κ3) is 3.57. The first-order chi connectivity index (χ1) is 9.36. The SMILES string of the molecule is Nc1ccc(COc2ccc(Cl)cc2)cc1C(F)(F)F.